The van der Waals surface area contributed by atoms with Gasteiger partial charge in [0, 0.05) is 19.2 Å². The van der Waals surface area contributed by atoms with Crippen LogP contribution in [-0.2, 0) is 14.8 Å². The Morgan fingerprint density at radius 1 is 1.38 bits per heavy atom. The molecule has 0 heterocycles. The number of carbonyl (C=O) groups excluding carboxylic acids is 1. The van der Waals surface area contributed by atoms with Gasteiger partial charge < -0.3 is 9.64 Å². The van der Waals surface area contributed by atoms with E-state index in [9.17, 15) is 13.2 Å². The minimum atomic E-state index is -3.97. The molecule has 1 amide bonds. The minimum absolute atomic E-state index is 0.0188. The second-order valence-corrected chi connectivity index (χ2v) is 7.13. The van der Waals surface area contributed by atoms with Crippen LogP contribution < -0.4 is 9.88 Å². The van der Waals surface area contributed by atoms with Gasteiger partial charge in [-0.3, -0.25) is 4.79 Å². The summed E-state index contributed by atoms with van der Waals surface area (Å²) in [5.41, 5.74) is 0. The number of nitrogens with zero attached hydrogens (tertiary/aromatic N) is 1. The lowest BCUT2D eigenvalue weighted by molar-refractivity contribution is -0.132. The van der Waals surface area contributed by atoms with Crippen LogP contribution in [0, 0.1) is 0 Å². The van der Waals surface area contributed by atoms with E-state index >= 15 is 0 Å². The normalized spacial score (nSPS) is 14.9. The number of halogens is 2. The Balaban J connectivity index is 2.10. The number of sulfonamides is 1. The summed E-state index contributed by atoms with van der Waals surface area (Å²) in [6.45, 7) is -0.197. The van der Waals surface area contributed by atoms with Gasteiger partial charge in [-0.2, -0.15) is 0 Å². The number of nitrogens with two attached hydrogens (primary N) is 1. The predicted octanol–water partition coefficient (Wildman–Crippen LogP) is 1.64. The standard InChI is InChI=1S/C12H14Cl2N2O4S/c1-16(7-2-3-7)12(17)6-20-10-4-9(14)11(5-8(10)13)21(15,18)19/h4-5,7H,2-3,6H2,1H3,(H2,15,18,19). The van der Waals surface area contributed by atoms with Crippen LogP contribution >= 0.6 is 23.2 Å². The van der Waals surface area contributed by atoms with Gasteiger partial charge in [0.1, 0.15) is 10.6 Å². The van der Waals surface area contributed by atoms with E-state index in [1.54, 1.807) is 11.9 Å². The predicted molar refractivity (Wildman–Crippen MR) is 79.1 cm³/mol. The molecule has 1 aliphatic rings. The minimum Gasteiger partial charge on any atom is -0.482 e. The van der Waals surface area contributed by atoms with E-state index in [0.717, 1.165) is 18.9 Å². The first-order valence-electron chi connectivity index (χ1n) is 6.10. The number of amides is 1. The Labute approximate surface area is 132 Å². The lowest BCUT2D eigenvalue weighted by atomic mass is 10.3. The molecule has 0 bridgehead atoms. The second kappa shape index (κ2) is 6.00. The maximum absolute atomic E-state index is 11.8. The number of hydrogen-bond donors (Lipinski definition) is 1. The first-order valence-corrected chi connectivity index (χ1v) is 8.40. The van der Waals surface area contributed by atoms with Crippen molar-refractivity contribution in [3.8, 4) is 5.75 Å². The maximum atomic E-state index is 11.8. The highest BCUT2D eigenvalue weighted by atomic mass is 35.5. The van der Waals surface area contributed by atoms with Crippen LogP contribution in [0.1, 0.15) is 12.8 Å². The third-order valence-electron chi connectivity index (χ3n) is 3.13. The monoisotopic (exact) mass is 352 g/mol. The molecule has 0 saturated heterocycles. The van der Waals surface area contributed by atoms with Crippen LogP contribution in [0.2, 0.25) is 10.0 Å². The van der Waals surface area contributed by atoms with Crippen LogP contribution in [0.15, 0.2) is 17.0 Å². The van der Waals surface area contributed by atoms with Crippen molar-refractivity contribution in [3.63, 3.8) is 0 Å². The van der Waals surface area contributed by atoms with Crippen molar-refractivity contribution in [2.75, 3.05) is 13.7 Å². The van der Waals surface area contributed by atoms with Crippen LogP contribution in [0.25, 0.3) is 0 Å². The molecule has 1 aromatic rings. The number of primary sulfonamides is 1. The van der Waals surface area contributed by atoms with E-state index in [1.165, 1.54) is 6.07 Å². The fourth-order valence-corrected chi connectivity index (χ4v) is 3.12. The van der Waals surface area contributed by atoms with Crippen molar-refractivity contribution in [2.45, 2.75) is 23.8 Å². The van der Waals surface area contributed by atoms with E-state index in [1.807, 2.05) is 0 Å². The summed E-state index contributed by atoms with van der Waals surface area (Å²) in [7, 11) is -2.26. The van der Waals surface area contributed by atoms with E-state index in [-0.39, 0.29) is 39.2 Å². The number of likely N-dealkylation sites (N-methyl/N-ethyl adjacent to an activating group) is 1. The molecular formula is C12H14Cl2N2O4S. The largest absolute Gasteiger partial charge is 0.482 e. The molecule has 0 unspecified atom stereocenters. The van der Waals surface area contributed by atoms with Crippen LogP contribution in [-0.4, -0.2) is 38.9 Å². The third-order valence-corrected chi connectivity index (χ3v) is 4.80. The van der Waals surface area contributed by atoms with Gasteiger partial charge in [-0.25, -0.2) is 13.6 Å². The van der Waals surface area contributed by atoms with E-state index in [2.05, 4.69) is 0 Å². The smallest absolute Gasteiger partial charge is 0.260 e. The average molecular weight is 353 g/mol. The molecule has 0 aromatic heterocycles. The zero-order valence-corrected chi connectivity index (χ0v) is 13.5. The van der Waals surface area contributed by atoms with E-state index in [4.69, 9.17) is 33.1 Å². The van der Waals surface area contributed by atoms with Crippen LogP contribution in [0.3, 0.4) is 0 Å². The molecule has 2 N–H and O–H groups in total. The number of benzene rings is 1. The summed E-state index contributed by atoms with van der Waals surface area (Å²) in [5, 5.41) is 4.91. The summed E-state index contributed by atoms with van der Waals surface area (Å²) in [6, 6.07) is 2.61. The average Bonchev–Trinajstić information content (AvgIpc) is 3.21. The Morgan fingerprint density at radius 2 is 2.00 bits per heavy atom. The Morgan fingerprint density at radius 3 is 2.52 bits per heavy atom. The molecule has 21 heavy (non-hydrogen) atoms. The van der Waals surface area contributed by atoms with E-state index < -0.39 is 10.0 Å². The summed E-state index contributed by atoms with van der Waals surface area (Å²) in [4.78, 5) is 13.2. The van der Waals surface area contributed by atoms with Crippen LogP contribution in [0.5, 0.6) is 5.75 Å². The van der Waals surface area contributed by atoms with Gasteiger partial charge >= 0.3 is 0 Å². The van der Waals surface area contributed by atoms with Crippen molar-refractivity contribution in [1.82, 2.24) is 4.90 Å². The molecule has 1 aliphatic carbocycles. The summed E-state index contributed by atoms with van der Waals surface area (Å²) >= 11 is 11.7. The lowest BCUT2D eigenvalue weighted by Gasteiger charge is -2.17. The number of hydrogen-bond acceptors (Lipinski definition) is 4. The van der Waals surface area contributed by atoms with Crippen molar-refractivity contribution in [1.29, 1.82) is 0 Å². The highest BCUT2D eigenvalue weighted by Crippen LogP contribution is 2.33. The molecular weight excluding hydrogens is 339 g/mol. The molecule has 1 saturated carbocycles. The molecule has 1 fully saturated rings. The Hall–Kier alpha value is -1.02. The van der Waals surface area contributed by atoms with Crippen molar-refractivity contribution in [2.24, 2.45) is 5.14 Å². The molecule has 0 atom stereocenters. The molecule has 2 rings (SSSR count). The first kappa shape index (κ1) is 16.4. The van der Waals surface area contributed by atoms with Gasteiger partial charge in [0.05, 0.1) is 10.0 Å². The number of carbonyl (C=O) groups is 1. The summed E-state index contributed by atoms with van der Waals surface area (Å²) in [5.74, 6) is -0.0492. The highest BCUT2D eigenvalue weighted by molar-refractivity contribution is 7.89. The fraction of sp³-hybridized carbons (Fsp3) is 0.417. The zero-order chi connectivity index (χ0) is 15.8. The Bertz CT molecular complexity index is 674. The molecule has 116 valence electrons. The van der Waals surface area contributed by atoms with Crippen LogP contribution in [0.4, 0.5) is 0 Å². The Kier molecular flexibility index (Phi) is 4.67. The number of ether oxygens (including phenoxy) is 1. The zero-order valence-electron chi connectivity index (χ0n) is 11.2. The molecule has 0 radical (unpaired) electrons. The summed E-state index contributed by atoms with van der Waals surface area (Å²) < 4.78 is 27.9. The molecule has 9 heteroatoms. The van der Waals surface area contributed by atoms with E-state index in [0.29, 0.717) is 0 Å². The quantitative estimate of drug-likeness (QED) is 0.871. The second-order valence-electron chi connectivity index (χ2n) is 4.78. The maximum Gasteiger partial charge on any atom is 0.260 e. The van der Waals surface area contributed by atoms with Crippen molar-refractivity contribution >= 4 is 39.1 Å². The lowest BCUT2D eigenvalue weighted by Crippen LogP contribution is -2.33. The van der Waals surface area contributed by atoms with Gasteiger partial charge in [0.2, 0.25) is 10.0 Å². The van der Waals surface area contributed by atoms with Gasteiger partial charge in [0.25, 0.3) is 5.91 Å². The summed E-state index contributed by atoms with van der Waals surface area (Å²) in [6.07, 6.45) is 2.00. The number of rotatable bonds is 5. The van der Waals surface area contributed by atoms with Crippen molar-refractivity contribution in [3.05, 3.63) is 22.2 Å². The molecule has 0 spiro atoms. The first-order chi connectivity index (χ1) is 9.70. The topological polar surface area (TPSA) is 89.7 Å². The molecule has 0 aliphatic heterocycles. The van der Waals surface area contributed by atoms with Crippen molar-refractivity contribution < 1.29 is 17.9 Å². The SMILES string of the molecule is CN(C(=O)COc1cc(Cl)c(S(N)(=O)=O)cc1Cl)C1CC1. The highest BCUT2D eigenvalue weighted by Gasteiger charge is 2.29. The molecule has 1 aromatic carbocycles. The third kappa shape index (κ3) is 4.00. The van der Waals surface area contributed by atoms with Gasteiger partial charge in [0.15, 0.2) is 6.61 Å². The van der Waals surface area contributed by atoms with Gasteiger partial charge in [-0.1, -0.05) is 23.2 Å². The fourth-order valence-electron chi connectivity index (χ4n) is 1.75. The van der Waals surface area contributed by atoms with Gasteiger partial charge in [-0.15, -0.1) is 0 Å². The van der Waals surface area contributed by atoms with Gasteiger partial charge in [-0.05, 0) is 18.9 Å². The molecule has 6 nitrogen and oxygen atoms in total.